The third-order valence-electron chi connectivity index (χ3n) is 4.66. The normalized spacial score (nSPS) is 20.5. The summed E-state index contributed by atoms with van der Waals surface area (Å²) in [5.41, 5.74) is 0.0982. The van der Waals surface area contributed by atoms with Crippen LogP contribution in [0.2, 0.25) is 15.1 Å². The summed E-state index contributed by atoms with van der Waals surface area (Å²) >= 11 is 18.3. The minimum absolute atomic E-state index is 0.261. The van der Waals surface area contributed by atoms with Crippen molar-refractivity contribution in [3.63, 3.8) is 0 Å². The molecule has 3 rings (SSSR count). The van der Waals surface area contributed by atoms with Crippen molar-refractivity contribution < 1.29 is 9.90 Å². The van der Waals surface area contributed by atoms with E-state index in [9.17, 15) is 9.90 Å². The minimum atomic E-state index is -1.57. The Morgan fingerprint density at radius 1 is 1.20 bits per heavy atom. The number of nitrogens with zero attached hydrogens (tertiary/aromatic N) is 1. The number of hydrogen-bond donors (Lipinski definition) is 1. The van der Waals surface area contributed by atoms with Crippen LogP contribution in [0.1, 0.15) is 33.8 Å². The topological polar surface area (TPSA) is 40.5 Å². The smallest absolute Gasteiger partial charge is 0.256 e. The number of aliphatic hydroxyl groups is 1. The quantitative estimate of drug-likeness (QED) is 0.718. The van der Waals surface area contributed by atoms with Crippen LogP contribution in [0.5, 0.6) is 0 Å². The van der Waals surface area contributed by atoms with Gasteiger partial charge in [0, 0.05) is 29.1 Å². The van der Waals surface area contributed by atoms with Crippen molar-refractivity contribution in [2.24, 2.45) is 0 Å². The van der Waals surface area contributed by atoms with Crippen LogP contribution < -0.4 is 0 Å². The van der Waals surface area contributed by atoms with Gasteiger partial charge >= 0.3 is 0 Å². The van der Waals surface area contributed by atoms with E-state index in [1.807, 2.05) is 0 Å². The van der Waals surface area contributed by atoms with E-state index in [-0.39, 0.29) is 5.91 Å². The van der Waals surface area contributed by atoms with Crippen LogP contribution in [0.15, 0.2) is 49.1 Å². The SMILES string of the molecule is C=CCC(c1ccc(Cl)c(Cl)c1)C1(O)c2cc(Cl)ccc2C(=O)N1C. The van der Waals surface area contributed by atoms with Gasteiger partial charge in [0.1, 0.15) is 0 Å². The van der Waals surface area contributed by atoms with Crippen molar-refractivity contribution in [3.05, 3.63) is 80.8 Å². The average molecular weight is 397 g/mol. The first kappa shape index (κ1) is 18.3. The second-order valence-electron chi connectivity index (χ2n) is 6.03. The summed E-state index contributed by atoms with van der Waals surface area (Å²) in [7, 11) is 1.57. The molecule has 1 aliphatic heterocycles. The molecular weight excluding hydrogens is 381 g/mol. The maximum atomic E-state index is 12.6. The molecule has 2 atom stereocenters. The van der Waals surface area contributed by atoms with E-state index in [0.29, 0.717) is 32.6 Å². The first-order valence-electron chi connectivity index (χ1n) is 7.67. The lowest BCUT2D eigenvalue weighted by Gasteiger charge is -2.39. The molecule has 0 fully saturated rings. The molecule has 1 heterocycles. The number of carbonyl (C=O) groups excluding carboxylic acids is 1. The summed E-state index contributed by atoms with van der Waals surface area (Å²) in [6, 6.07) is 10.1. The van der Waals surface area contributed by atoms with Crippen LogP contribution in [0, 0.1) is 0 Å². The molecule has 0 aliphatic carbocycles. The number of benzene rings is 2. The van der Waals surface area contributed by atoms with Gasteiger partial charge in [-0.25, -0.2) is 0 Å². The summed E-state index contributed by atoms with van der Waals surface area (Å²) in [5.74, 6) is -0.739. The van der Waals surface area contributed by atoms with E-state index in [0.717, 1.165) is 5.56 Å². The van der Waals surface area contributed by atoms with Crippen molar-refractivity contribution in [1.29, 1.82) is 0 Å². The molecule has 3 nitrogen and oxygen atoms in total. The second kappa shape index (κ2) is 6.65. The zero-order valence-electron chi connectivity index (χ0n) is 13.5. The fourth-order valence-electron chi connectivity index (χ4n) is 3.37. The van der Waals surface area contributed by atoms with E-state index in [4.69, 9.17) is 34.8 Å². The van der Waals surface area contributed by atoms with E-state index in [1.54, 1.807) is 49.5 Å². The summed E-state index contributed by atoms with van der Waals surface area (Å²) in [4.78, 5) is 14.0. The Bertz CT molecular complexity index is 868. The Labute approximate surface area is 161 Å². The van der Waals surface area contributed by atoms with Crippen LogP contribution in [0.25, 0.3) is 0 Å². The molecule has 0 radical (unpaired) electrons. The highest BCUT2D eigenvalue weighted by atomic mass is 35.5. The first-order chi connectivity index (χ1) is 11.8. The zero-order valence-corrected chi connectivity index (χ0v) is 15.7. The number of rotatable bonds is 4. The third-order valence-corrected chi connectivity index (χ3v) is 5.63. The molecule has 25 heavy (non-hydrogen) atoms. The molecular formula is C19H16Cl3NO2. The van der Waals surface area contributed by atoms with Gasteiger partial charge in [-0.2, -0.15) is 0 Å². The van der Waals surface area contributed by atoms with Crippen molar-refractivity contribution in [1.82, 2.24) is 4.90 Å². The van der Waals surface area contributed by atoms with Gasteiger partial charge in [-0.05, 0) is 42.3 Å². The molecule has 2 aromatic carbocycles. The molecule has 2 aromatic rings. The van der Waals surface area contributed by atoms with Gasteiger partial charge in [0.15, 0.2) is 5.72 Å². The van der Waals surface area contributed by atoms with Crippen LogP contribution in [0.4, 0.5) is 0 Å². The Kier molecular flexibility index (Phi) is 4.86. The number of hydrogen-bond acceptors (Lipinski definition) is 2. The lowest BCUT2D eigenvalue weighted by Crippen LogP contribution is -2.45. The molecule has 0 spiro atoms. The lowest BCUT2D eigenvalue weighted by atomic mass is 9.81. The van der Waals surface area contributed by atoms with Crippen LogP contribution >= 0.6 is 34.8 Å². The zero-order chi connectivity index (χ0) is 18.4. The fraction of sp³-hybridized carbons (Fsp3) is 0.211. The molecule has 2 unspecified atom stereocenters. The number of halogens is 3. The van der Waals surface area contributed by atoms with Crippen LogP contribution in [-0.2, 0) is 5.72 Å². The van der Waals surface area contributed by atoms with Crippen molar-refractivity contribution >= 4 is 40.7 Å². The van der Waals surface area contributed by atoms with E-state index in [1.165, 1.54) is 4.90 Å². The minimum Gasteiger partial charge on any atom is -0.366 e. The predicted molar refractivity (Wildman–Crippen MR) is 101 cm³/mol. The van der Waals surface area contributed by atoms with Gasteiger partial charge in [-0.15, -0.1) is 6.58 Å². The Hall–Kier alpha value is -1.52. The second-order valence-corrected chi connectivity index (χ2v) is 7.28. The summed E-state index contributed by atoms with van der Waals surface area (Å²) in [5, 5.41) is 12.9. The van der Waals surface area contributed by atoms with Gasteiger partial charge < -0.3 is 10.0 Å². The van der Waals surface area contributed by atoms with Gasteiger partial charge in [0.25, 0.3) is 5.91 Å². The first-order valence-corrected chi connectivity index (χ1v) is 8.80. The summed E-state index contributed by atoms with van der Waals surface area (Å²) in [6.07, 6.45) is 2.13. The number of carbonyl (C=O) groups is 1. The van der Waals surface area contributed by atoms with Crippen LogP contribution in [0.3, 0.4) is 0 Å². The molecule has 1 amide bonds. The monoisotopic (exact) mass is 395 g/mol. The lowest BCUT2D eigenvalue weighted by molar-refractivity contribution is -0.0935. The Morgan fingerprint density at radius 2 is 1.92 bits per heavy atom. The summed E-state index contributed by atoms with van der Waals surface area (Å²) in [6.45, 7) is 3.79. The Morgan fingerprint density at radius 3 is 2.56 bits per heavy atom. The van der Waals surface area contributed by atoms with Crippen molar-refractivity contribution in [2.75, 3.05) is 7.05 Å². The molecule has 0 saturated carbocycles. The maximum absolute atomic E-state index is 12.6. The number of fused-ring (bicyclic) bond motifs is 1. The standard InChI is InChI=1S/C19H16Cl3NO2/c1-3-4-14(11-5-8-16(21)17(22)9-11)19(25)15-10-12(20)6-7-13(15)18(24)23(19)2/h3,5-10,14,25H,1,4H2,2H3. The molecule has 0 saturated heterocycles. The number of likely N-dealkylation sites (N-methyl/N-ethyl adjacent to an activating group) is 1. The largest absolute Gasteiger partial charge is 0.366 e. The molecule has 1 aliphatic rings. The molecule has 0 bridgehead atoms. The molecule has 130 valence electrons. The highest BCUT2D eigenvalue weighted by molar-refractivity contribution is 6.42. The van der Waals surface area contributed by atoms with Gasteiger partial charge in [-0.3, -0.25) is 4.79 Å². The van der Waals surface area contributed by atoms with Gasteiger partial charge in [0.2, 0.25) is 0 Å². The average Bonchev–Trinajstić information content (AvgIpc) is 2.77. The summed E-state index contributed by atoms with van der Waals surface area (Å²) < 4.78 is 0. The van der Waals surface area contributed by atoms with Gasteiger partial charge in [-0.1, -0.05) is 46.9 Å². The molecule has 6 heteroatoms. The molecule has 0 aromatic heterocycles. The highest BCUT2D eigenvalue weighted by Crippen LogP contribution is 2.48. The van der Waals surface area contributed by atoms with Crippen molar-refractivity contribution in [3.8, 4) is 0 Å². The number of amides is 1. The van der Waals surface area contributed by atoms with Gasteiger partial charge in [0.05, 0.1) is 10.0 Å². The third kappa shape index (κ3) is 2.85. The van der Waals surface area contributed by atoms with Crippen LogP contribution in [-0.4, -0.2) is 23.0 Å². The molecule has 1 N–H and O–H groups in total. The number of allylic oxidation sites excluding steroid dienone is 1. The van der Waals surface area contributed by atoms with E-state index in [2.05, 4.69) is 6.58 Å². The van der Waals surface area contributed by atoms with E-state index >= 15 is 0 Å². The Balaban J connectivity index is 2.22. The van der Waals surface area contributed by atoms with Crippen molar-refractivity contribution in [2.45, 2.75) is 18.1 Å². The maximum Gasteiger partial charge on any atom is 0.256 e. The highest BCUT2D eigenvalue weighted by Gasteiger charge is 2.51. The van der Waals surface area contributed by atoms with E-state index < -0.39 is 11.6 Å². The predicted octanol–water partition coefficient (Wildman–Crippen LogP) is 5.24. The fourth-order valence-corrected chi connectivity index (χ4v) is 3.85.